The summed E-state index contributed by atoms with van der Waals surface area (Å²) < 4.78 is 1.73. The SMILES string of the molecule is CSc1nc2c3c(nn(C)c3n1)N=CNN2C. The van der Waals surface area contributed by atoms with E-state index in [0.29, 0.717) is 5.82 Å². The van der Waals surface area contributed by atoms with E-state index in [1.165, 1.54) is 11.8 Å². The summed E-state index contributed by atoms with van der Waals surface area (Å²) in [5, 5.41) is 7.73. The molecule has 0 amide bonds. The Balaban J connectivity index is 2.43. The van der Waals surface area contributed by atoms with Crippen molar-refractivity contribution in [2.24, 2.45) is 12.0 Å². The Morgan fingerprint density at radius 3 is 2.88 bits per heavy atom. The highest BCUT2D eigenvalue weighted by Crippen LogP contribution is 2.33. The summed E-state index contributed by atoms with van der Waals surface area (Å²) in [7, 11) is 3.75. The molecule has 0 spiro atoms. The van der Waals surface area contributed by atoms with E-state index in [2.05, 4.69) is 25.5 Å². The van der Waals surface area contributed by atoms with Crippen LogP contribution in [0.2, 0.25) is 0 Å². The Kier molecular flexibility index (Phi) is 2.18. The molecule has 3 rings (SSSR count). The number of nitrogens with zero attached hydrogens (tertiary/aromatic N) is 6. The van der Waals surface area contributed by atoms with E-state index in [1.807, 2.05) is 25.4 Å². The molecule has 3 heterocycles. The van der Waals surface area contributed by atoms with E-state index in [0.717, 1.165) is 22.0 Å². The summed E-state index contributed by atoms with van der Waals surface area (Å²) in [6, 6.07) is 0. The van der Waals surface area contributed by atoms with Crippen molar-refractivity contribution in [2.45, 2.75) is 5.16 Å². The number of anilines is 1. The standard InChI is InChI=1S/C9H11N7S/c1-15-7-5-6(10-4-11-15)14-16(2)8(5)13-9(12-7)17-3/h4H,1-3H3,(H,10,11,14). The molecule has 2 aromatic rings. The molecule has 0 saturated heterocycles. The Morgan fingerprint density at radius 2 is 2.12 bits per heavy atom. The fraction of sp³-hybridized carbons (Fsp3) is 0.333. The third kappa shape index (κ3) is 1.44. The first kappa shape index (κ1) is 10.3. The van der Waals surface area contributed by atoms with Gasteiger partial charge < -0.3 is 0 Å². The van der Waals surface area contributed by atoms with E-state index in [1.54, 1.807) is 11.0 Å². The number of aryl methyl sites for hydroxylation is 1. The fourth-order valence-corrected chi connectivity index (χ4v) is 2.11. The first-order chi connectivity index (χ1) is 8.20. The number of rotatable bonds is 1. The number of hydrazine groups is 1. The Hall–Kier alpha value is -1.83. The highest BCUT2D eigenvalue weighted by molar-refractivity contribution is 7.98. The van der Waals surface area contributed by atoms with Crippen LogP contribution < -0.4 is 10.4 Å². The van der Waals surface area contributed by atoms with E-state index in [4.69, 9.17) is 0 Å². The normalized spacial score (nSPS) is 13.9. The molecule has 88 valence electrons. The van der Waals surface area contributed by atoms with Crippen molar-refractivity contribution >= 4 is 40.8 Å². The third-order valence-corrected chi connectivity index (χ3v) is 3.11. The second-order valence-electron chi connectivity index (χ2n) is 3.63. The first-order valence-electron chi connectivity index (χ1n) is 5.02. The Bertz CT molecular complexity index is 617. The number of aliphatic imine (C=N–C) groups is 1. The monoisotopic (exact) mass is 249 g/mol. The highest BCUT2D eigenvalue weighted by atomic mass is 32.2. The zero-order valence-corrected chi connectivity index (χ0v) is 10.5. The molecule has 0 aromatic carbocycles. The molecular formula is C9H11N7S. The van der Waals surface area contributed by atoms with Gasteiger partial charge in [0.05, 0.1) is 0 Å². The fourth-order valence-electron chi connectivity index (χ4n) is 1.75. The van der Waals surface area contributed by atoms with E-state index in [9.17, 15) is 0 Å². The van der Waals surface area contributed by atoms with Crippen LogP contribution in [0.4, 0.5) is 11.6 Å². The molecule has 0 aliphatic carbocycles. The molecule has 2 aromatic heterocycles. The topological polar surface area (TPSA) is 71.2 Å². The minimum absolute atomic E-state index is 0.641. The maximum atomic E-state index is 4.49. The molecule has 1 aliphatic heterocycles. The molecule has 8 heteroatoms. The van der Waals surface area contributed by atoms with Crippen LogP contribution in [0.5, 0.6) is 0 Å². The molecule has 0 bridgehead atoms. The number of nitrogens with one attached hydrogen (secondary N) is 1. The van der Waals surface area contributed by atoms with Crippen LogP contribution in [-0.4, -0.2) is 39.4 Å². The molecule has 7 nitrogen and oxygen atoms in total. The van der Waals surface area contributed by atoms with Gasteiger partial charge in [-0.15, -0.1) is 0 Å². The van der Waals surface area contributed by atoms with Gasteiger partial charge >= 0.3 is 0 Å². The van der Waals surface area contributed by atoms with Crippen LogP contribution in [0.25, 0.3) is 11.0 Å². The highest BCUT2D eigenvalue weighted by Gasteiger charge is 2.20. The van der Waals surface area contributed by atoms with Crippen LogP contribution in [0.1, 0.15) is 0 Å². The van der Waals surface area contributed by atoms with Gasteiger partial charge in [-0.1, -0.05) is 11.8 Å². The predicted octanol–water partition coefficient (Wildman–Crippen LogP) is 0.699. The van der Waals surface area contributed by atoms with Crippen molar-refractivity contribution in [2.75, 3.05) is 18.3 Å². The van der Waals surface area contributed by atoms with Crippen LogP contribution in [0.3, 0.4) is 0 Å². The van der Waals surface area contributed by atoms with Crippen LogP contribution in [-0.2, 0) is 7.05 Å². The smallest absolute Gasteiger partial charge is 0.191 e. The second kappa shape index (κ2) is 3.59. The van der Waals surface area contributed by atoms with Crippen molar-refractivity contribution in [3.8, 4) is 0 Å². The maximum absolute atomic E-state index is 4.49. The van der Waals surface area contributed by atoms with E-state index in [-0.39, 0.29) is 0 Å². The van der Waals surface area contributed by atoms with Gasteiger partial charge in [-0.3, -0.25) is 10.4 Å². The molecule has 0 atom stereocenters. The summed E-state index contributed by atoms with van der Waals surface area (Å²) >= 11 is 1.51. The molecular weight excluding hydrogens is 238 g/mol. The lowest BCUT2D eigenvalue weighted by molar-refractivity contribution is 0.772. The van der Waals surface area contributed by atoms with Gasteiger partial charge in [0.2, 0.25) is 0 Å². The molecule has 0 radical (unpaired) electrons. The summed E-state index contributed by atoms with van der Waals surface area (Å²) in [4.78, 5) is 13.2. The predicted molar refractivity (Wildman–Crippen MR) is 67.8 cm³/mol. The minimum Gasteiger partial charge on any atom is -0.287 e. The van der Waals surface area contributed by atoms with Gasteiger partial charge in [0.25, 0.3) is 0 Å². The van der Waals surface area contributed by atoms with Gasteiger partial charge in [-0.2, -0.15) is 5.10 Å². The lowest BCUT2D eigenvalue weighted by atomic mass is 10.3. The summed E-state index contributed by atoms with van der Waals surface area (Å²) in [5.74, 6) is 1.43. The zero-order chi connectivity index (χ0) is 12.0. The van der Waals surface area contributed by atoms with Gasteiger partial charge in [0.1, 0.15) is 11.7 Å². The molecule has 1 aliphatic rings. The lowest BCUT2D eigenvalue weighted by Gasteiger charge is -2.16. The van der Waals surface area contributed by atoms with Gasteiger partial charge in [-0.25, -0.2) is 19.6 Å². The first-order valence-corrected chi connectivity index (χ1v) is 6.24. The molecule has 0 fully saturated rings. The zero-order valence-electron chi connectivity index (χ0n) is 9.67. The quantitative estimate of drug-likeness (QED) is 0.592. The number of aromatic nitrogens is 4. The molecule has 0 unspecified atom stereocenters. The average Bonchev–Trinajstić information content (AvgIpc) is 2.56. The molecule has 17 heavy (non-hydrogen) atoms. The molecule has 1 N–H and O–H groups in total. The number of hydrogen-bond donors (Lipinski definition) is 1. The number of hydrogen-bond acceptors (Lipinski definition) is 7. The minimum atomic E-state index is 0.641. The largest absolute Gasteiger partial charge is 0.287 e. The third-order valence-electron chi connectivity index (χ3n) is 2.56. The number of thioether (sulfide) groups is 1. The Morgan fingerprint density at radius 1 is 1.29 bits per heavy atom. The average molecular weight is 249 g/mol. The van der Waals surface area contributed by atoms with Crippen molar-refractivity contribution < 1.29 is 0 Å². The Labute approximate surface area is 102 Å². The summed E-state index contributed by atoms with van der Waals surface area (Å²) in [6.07, 6.45) is 3.55. The van der Waals surface area contributed by atoms with Crippen molar-refractivity contribution in [1.82, 2.24) is 25.2 Å². The van der Waals surface area contributed by atoms with Crippen LogP contribution in [0.15, 0.2) is 10.1 Å². The van der Waals surface area contributed by atoms with Crippen LogP contribution >= 0.6 is 11.8 Å². The van der Waals surface area contributed by atoms with E-state index < -0.39 is 0 Å². The van der Waals surface area contributed by atoms with Crippen LogP contribution in [0, 0.1) is 0 Å². The van der Waals surface area contributed by atoms with E-state index >= 15 is 0 Å². The van der Waals surface area contributed by atoms with Crippen molar-refractivity contribution in [3.05, 3.63) is 0 Å². The van der Waals surface area contributed by atoms with Gasteiger partial charge in [0, 0.05) is 14.1 Å². The van der Waals surface area contributed by atoms with Gasteiger partial charge in [-0.05, 0) is 6.26 Å². The summed E-state index contributed by atoms with van der Waals surface area (Å²) in [6.45, 7) is 0. The van der Waals surface area contributed by atoms with Crippen molar-refractivity contribution in [3.63, 3.8) is 0 Å². The lowest BCUT2D eigenvalue weighted by Crippen LogP contribution is -2.33. The maximum Gasteiger partial charge on any atom is 0.191 e. The second-order valence-corrected chi connectivity index (χ2v) is 4.40. The molecule has 0 saturated carbocycles. The van der Waals surface area contributed by atoms with Gasteiger partial charge in [0.15, 0.2) is 22.4 Å². The van der Waals surface area contributed by atoms with Crippen molar-refractivity contribution in [1.29, 1.82) is 0 Å². The summed E-state index contributed by atoms with van der Waals surface area (Å²) in [5.41, 5.74) is 3.79.